The predicted octanol–water partition coefficient (Wildman–Crippen LogP) is 8.31. The molecule has 3 saturated carbocycles. The number of hydrogen-bond donors (Lipinski definition) is 0. The van der Waals surface area contributed by atoms with E-state index < -0.39 is 8.24 Å². The van der Waals surface area contributed by atoms with Crippen molar-refractivity contribution in [1.82, 2.24) is 4.57 Å². The third-order valence-corrected chi connectivity index (χ3v) is 17.0. The lowest BCUT2D eigenvalue weighted by atomic mass is 9.62. The molecule has 1 aliphatic heterocycles. The molecule has 4 fully saturated rings. The fourth-order valence-electron chi connectivity index (χ4n) is 10.6. The first kappa shape index (κ1) is 24.6. The van der Waals surface area contributed by atoms with Crippen LogP contribution in [0.25, 0.3) is 0 Å². The Morgan fingerprint density at radius 3 is 1.97 bits per heavy atom. The van der Waals surface area contributed by atoms with E-state index in [0.29, 0.717) is 0 Å². The molecule has 1 heterocycles. The van der Waals surface area contributed by atoms with Crippen molar-refractivity contribution < 1.29 is 0 Å². The molecular weight excluding hydrogens is 410 g/mol. The third kappa shape index (κ3) is 4.13. The zero-order chi connectivity index (χ0) is 23.1. The number of thioether (sulfide) groups is 1. The van der Waals surface area contributed by atoms with Gasteiger partial charge < -0.3 is 4.57 Å². The maximum atomic E-state index is 3.05. The van der Waals surface area contributed by atoms with Gasteiger partial charge in [0.2, 0.25) is 0 Å². The summed E-state index contributed by atoms with van der Waals surface area (Å²) in [5.74, 6) is 6.83. The Labute approximate surface area is 200 Å². The highest BCUT2D eigenvalue weighted by molar-refractivity contribution is 8.00. The molecule has 0 spiro atoms. The van der Waals surface area contributed by atoms with Crippen LogP contribution in [-0.2, 0) is 0 Å². The average Bonchev–Trinajstić information content (AvgIpc) is 3.08. The smallest absolute Gasteiger partial charge is 0.126 e. The maximum absolute atomic E-state index is 3.05. The molecule has 0 aromatic rings. The zero-order valence-electron chi connectivity index (χ0n) is 22.7. The van der Waals surface area contributed by atoms with Crippen LogP contribution in [0.3, 0.4) is 0 Å². The minimum absolute atomic E-state index is 0.237. The lowest BCUT2D eigenvalue weighted by Gasteiger charge is -2.59. The second-order valence-electron chi connectivity index (χ2n) is 14.9. The average molecular weight is 464 g/mol. The Balaban J connectivity index is 1.73. The molecule has 10 unspecified atom stereocenters. The zero-order valence-corrected chi connectivity index (χ0v) is 24.5. The van der Waals surface area contributed by atoms with Crippen molar-refractivity contribution in [2.75, 3.05) is 0 Å². The van der Waals surface area contributed by atoms with Crippen LogP contribution in [0.2, 0.25) is 18.6 Å². The quantitative estimate of drug-likeness (QED) is 0.379. The van der Waals surface area contributed by atoms with E-state index in [1.807, 2.05) is 0 Å². The van der Waals surface area contributed by atoms with Crippen LogP contribution in [0.4, 0.5) is 0 Å². The number of hydrogen-bond acceptors (Lipinski definition) is 2. The second kappa shape index (κ2) is 8.04. The molecule has 0 amide bonds. The topological polar surface area (TPSA) is 3.24 Å². The molecule has 0 N–H and O–H groups in total. The highest BCUT2D eigenvalue weighted by Gasteiger charge is 2.63. The number of rotatable bonds is 2. The molecule has 0 aromatic carbocycles. The van der Waals surface area contributed by atoms with Crippen LogP contribution in [0, 0.1) is 41.4 Å². The Bertz CT molecular complexity index is 647. The summed E-state index contributed by atoms with van der Waals surface area (Å²) in [7, 11) is -1.67. The first-order chi connectivity index (χ1) is 14.1. The van der Waals surface area contributed by atoms with Gasteiger partial charge in [-0.2, -0.15) is 11.8 Å². The summed E-state index contributed by atoms with van der Waals surface area (Å²) >= 11 is 2.47. The second-order valence-corrected chi connectivity index (χ2v) is 20.8. The van der Waals surface area contributed by atoms with E-state index >= 15 is 0 Å². The SMILES string of the molecule is CC1CC(C)C2SC3CCC4CC(C)C([Si](C)(C)N(C(C)(C)C)C(C)(C)C)C4C3C2C1. The molecule has 0 aromatic heterocycles. The van der Waals surface area contributed by atoms with Gasteiger partial charge in [-0.3, -0.25) is 0 Å². The molecule has 0 bridgehead atoms. The van der Waals surface area contributed by atoms with Gasteiger partial charge in [0.05, 0.1) is 0 Å². The molecule has 1 saturated heterocycles. The molecular formula is C28H53NSSi. The molecule has 31 heavy (non-hydrogen) atoms. The summed E-state index contributed by atoms with van der Waals surface area (Å²) < 4.78 is 3.05. The molecule has 3 heteroatoms. The van der Waals surface area contributed by atoms with Gasteiger partial charge in [0.1, 0.15) is 8.24 Å². The predicted molar refractivity (Wildman–Crippen MR) is 142 cm³/mol. The van der Waals surface area contributed by atoms with Crippen molar-refractivity contribution in [1.29, 1.82) is 0 Å². The van der Waals surface area contributed by atoms with E-state index in [4.69, 9.17) is 0 Å². The molecule has 3 aliphatic carbocycles. The van der Waals surface area contributed by atoms with Crippen LogP contribution >= 0.6 is 11.8 Å². The van der Waals surface area contributed by atoms with E-state index in [1.54, 1.807) is 0 Å². The Hall–Kier alpha value is 0.527. The van der Waals surface area contributed by atoms with Crippen molar-refractivity contribution in [2.45, 2.75) is 135 Å². The van der Waals surface area contributed by atoms with Gasteiger partial charge in [0.25, 0.3) is 0 Å². The highest BCUT2D eigenvalue weighted by Crippen LogP contribution is 2.67. The minimum Gasteiger partial charge on any atom is -0.314 e. The van der Waals surface area contributed by atoms with Crippen molar-refractivity contribution in [3.63, 3.8) is 0 Å². The van der Waals surface area contributed by atoms with Crippen molar-refractivity contribution in [3.8, 4) is 0 Å². The lowest BCUT2D eigenvalue weighted by Crippen LogP contribution is -2.68. The van der Waals surface area contributed by atoms with Crippen LogP contribution < -0.4 is 0 Å². The summed E-state index contributed by atoms with van der Waals surface area (Å²) in [6.45, 7) is 28.2. The lowest BCUT2D eigenvalue weighted by molar-refractivity contribution is 0.0828. The van der Waals surface area contributed by atoms with Crippen LogP contribution in [-0.4, -0.2) is 34.4 Å². The standard InChI is InChI=1S/C28H53NSSi/c1-17-14-18(2)25-21(15-17)24-22(30-25)13-12-20-16-19(3)26(23(20)24)31(10,11)29(27(4,5)6)28(7,8)9/h17-26H,12-16H2,1-11H3. The van der Waals surface area contributed by atoms with Crippen molar-refractivity contribution in [3.05, 3.63) is 0 Å². The van der Waals surface area contributed by atoms with Crippen LogP contribution in [0.1, 0.15) is 94.4 Å². The minimum atomic E-state index is -1.67. The van der Waals surface area contributed by atoms with E-state index in [9.17, 15) is 0 Å². The Kier molecular flexibility index (Phi) is 6.39. The maximum Gasteiger partial charge on any atom is 0.126 e. The molecule has 0 radical (unpaired) electrons. The Morgan fingerprint density at radius 2 is 1.39 bits per heavy atom. The monoisotopic (exact) mass is 463 g/mol. The molecule has 4 rings (SSSR count). The summed E-state index contributed by atoms with van der Waals surface area (Å²) in [6, 6.07) is 0. The highest BCUT2D eigenvalue weighted by atomic mass is 32.2. The van der Waals surface area contributed by atoms with Gasteiger partial charge in [0.15, 0.2) is 0 Å². The van der Waals surface area contributed by atoms with E-state index in [-0.39, 0.29) is 11.1 Å². The van der Waals surface area contributed by atoms with Crippen LogP contribution in [0.5, 0.6) is 0 Å². The van der Waals surface area contributed by atoms with Crippen LogP contribution in [0.15, 0.2) is 0 Å². The molecule has 1 nitrogen and oxygen atoms in total. The van der Waals surface area contributed by atoms with Gasteiger partial charge >= 0.3 is 0 Å². The largest absolute Gasteiger partial charge is 0.314 e. The van der Waals surface area contributed by atoms with E-state index in [0.717, 1.165) is 57.5 Å². The molecule has 10 atom stereocenters. The first-order valence-electron chi connectivity index (χ1n) is 13.6. The fraction of sp³-hybridized carbons (Fsp3) is 1.00. The fourth-order valence-corrected chi connectivity index (χ4v) is 19.4. The Morgan fingerprint density at radius 1 is 0.774 bits per heavy atom. The van der Waals surface area contributed by atoms with Gasteiger partial charge in [-0.15, -0.1) is 0 Å². The summed E-state index contributed by atoms with van der Waals surface area (Å²) in [4.78, 5) is 0. The van der Waals surface area contributed by atoms with Gasteiger partial charge in [-0.1, -0.05) is 33.9 Å². The van der Waals surface area contributed by atoms with Crippen molar-refractivity contribution in [2.24, 2.45) is 41.4 Å². The van der Waals surface area contributed by atoms with Gasteiger partial charge in [-0.05, 0) is 121 Å². The summed E-state index contributed by atoms with van der Waals surface area (Å²) in [5, 5.41) is 1.94. The van der Waals surface area contributed by atoms with Gasteiger partial charge in [0, 0.05) is 21.6 Å². The van der Waals surface area contributed by atoms with E-state index in [2.05, 4.69) is 91.7 Å². The third-order valence-electron chi connectivity index (χ3n) is 9.93. The summed E-state index contributed by atoms with van der Waals surface area (Å²) in [6.07, 6.45) is 7.57. The van der Waals surface area contributed by atoms with Crippen molar-refractivity contribution >= 4 is 20.0 Å². The molecule has 180 valence electrons. The normalized spacial score (nSPS) is 46.1. The number of nitrogens with zero attached hydrogens (tertiary/aromatic N) is 1. The molecule has 4 aliphatic rings. The van der Waals surface area contributed by atoms with Gasteiger partial charge in [-0.25, -0.2) is 0 Å². The number of fused-ring (bicyclic) bond motifs is 5. The summed E-state index contributed by atoms with van der Waals surface area (Å²) in [5.41, 5.74) is 1.43. The van der Waals surface area contributed by atoms with E-state index in [1.165, 1.54) is 32.1 Å². The first-order valence-corrected chi connectivity index (χ1v) is 17.6.